The Morgan fingerprint density at radius 2 is 2.14 bits per heavy atom. The van der Waals surface area contributed by atoms with Gasteiger partial charge in [0.15, 0.2) is 11.5 Å². The minimum absolute atomic E-state index is 0.303. The molecular weight excluding hydrogens is 386 g/mol. The molecule has 0 aliphatic carbocycles. The molecule has 1 aromatic carbocycles. The van der Waals surface area contributed by atoms with Crippen LogP contribution in [-0.2, 0) is 19.4 Å². The third-order valence-electron chi connectivity index (χ3n) is 5.52. The lowest BCUT2D eigenvalue weighted by molar-refractivity contribution is 0.186. The highest BCUT2D eigenvalue weighted by Crippen LogP contribution is 2.28. The lowest BCUT2D eigenvalue weighted by Gasteiger charge is -2.31. The average Bonchev–Trinajstić information content (AvgIpc) is 3.30. The number of ether oxygens (including phenoxy) is 1. The molecule has 0 amide bonds. The maximum atomic E-state index is 6.16. The van der Waals surface area contributed by atoms with Gasteiger partial charge in [0.2, 0.25) is 5.95 Å². The number of thiazole rings is 1. The van der Waals surface area contributed by atoms with E-state index in [0.717, 1.165) is 42.1 Å². The highest BCUT2D eigenvalue weighted by molar-refractivity contribution is 7.11. The largest absolute Gasteiger partial charge is 0.494 e. The number of benzene rings is 1. The molecule has 0 unspecified atom stereocenters. The van der Waals surface area contributed by atoms with E-state index in [1.54, 1.807) is 11.6 Å². The molecule has 0 spiro atoms. The maximum Gasteiger partial charge on any atom is 0.223 e. The summed E-state index contributed by atoms with van der Waals surface area (Å²) in [5, 5.41) is 6.67. The van der Waals surface area contributed by atoms with Gasteiger partial charge < -0.3 is 10.5 Å². The SMILES string of the molecule is COc1cccc2c1nc(N)n1nc(C[C@H](C)N3CCc4sc(C)nc4C3)nc21. The van der Waals surface area contributed by atoms with Crippen molar-refractivity contribution in [3.63, 3.8) is 0 Å². The van der Waals surface area contributed by atoms with Gasteiger partial charge in [-0.05, 0) is 32.4 Å². The molecule has 29 heavy (non-hydrogen) atoms. The molecule has 1 aliphatic heterocycles. The predicted octanol–water partition coefficient (Wildman–Crippen LogP) is 2.62. The smallest absolute Gasteiger partial charge is 0.223 e. The zero-order valence-electron chi connectivity index (χ0n) is 16.7. The van der Waals surface area contributed by atoms with Gasteiger partial charge in [0.1, 0.15) is 11.3 Å². The molecule has 0 bridgehead atoms. The summed E-state index contributed by atoms with van der Waals surface area (Å²) in [5.41, 5.74) is 8.80. The van der Waals surface area contributed by atoms with E-state index in [1.807, 2.05) is 29.5 Å². The number of hydrogen-bond donors (Lipinski definition) is 1. The van der Waals surface area contributed by atoms with Crippen molar-refractivity contribution in [1.82, 2.24) is 29.5 Å². The van der Waals surface area contributed by atoms with Crippen LogP contribution < -0.4 is 10.5 Å². The summed E-state index contributed by atoms with van der Waals surface area (Å²) in [7, 11) is 1.63. The first-order valence-electron chi connectivity index (χ1n) is 9.70. The van der Waals surface area contributed by atoms with Gasteiger partial charge >= 0.3 is 0 Å². The lowest BCUT2D eigenvalue weighted by Crippen LogP contribution is -2.38. The highest BCUT2D eigenvalue weighted by Gasteiger charge is 2.25. The molecule has 2 N–H and O–H groups in total. The minimum Gasteiger partial charge on any atom is -0.494 e. The van der Waals surface area contributed by atoms with Crippen molar-refractivity contribution >= 4 is 33.8 Å². The number of aromatic nitrogens is 5. The number of nitrogen functional groups attached to an aromatic ring is 1. The van der Waals surface area contributed by atoms with E-state index in [-0.39, 0.29) is 0 Å². The van der Waals surface area contributed by atoms with Crippen LogP contribution in [0.15, 0.2) is 18.2 Å². The van der Waals surface area contributed by atoms with Crippen LogP contribution in [-0.4, -0.2) is 49.2 Å². The van der Waals surface area contributed by atoms with Gasteiger partial charge in [0.25, 0.3) is 0 Å². The second kappa shape index (κ2) is 6.93. The number of hydrogen-bond acceptors (Lipinski definition) is 8. The Morgan fingerprint density at radius 3 is 2.97 bits per heavy atom. The van der Waals surface area contributed by atoms with Crippen LogP contribution >= 0.6 is 11.3 Å². The fourth-order valence-electron chi connectivity index (χ4n) is 4.04. The molecule has 150 valence electrons. The number of anilines is 1. The van der Waals surface area contributed by atoms with E-state index >= 15 is 0 Å². The third-order valence-corrected chi connectivity index (χ3v) is 6.59. The van der Waals surface area contributed by atoms with Crippen LogP contribution in [0.25, 0.3) is 16.6 Å². The number of aryl methyl sites for hydroxylation is 1. The van der Waals surface area contributed by atoms with Crippen molar-refractivity contribution in [3.8, 4) is 5.75 Å². The van der Waals surface area contributed by atoms with Crippen LogP contribution in [0, 0.1) is 6.92 Å². The molecule has 1 atom stereocenters. The van der Waals surface area contributed by atoms with E-state index < -0.39 is 0 Å². The van der Waals surface area contributed by atoms with Crippen molar-refractivity contribution in [1.29, 1.82) is 0 Å². The summed E-state index contributed by atoms with van der Waals surface area (Å²) in [4.78, 5) is 17.9. The molecule has 0 saturated heterocycles. The quantitative estimate of drug-likeness (QED) is 0.554. The molecule has 0 saturated carbocycles. The summed E-state index contributed by atoms with van der Waals surface area (Å²) >= 11 is 1.82. The molecular formula is C20H23N7OS. The molecule has 9 heteroatoms. The van der Waals surface area contributed by atoms with Gasteiger partial charge in [-0.2, -0.15) is 4.52 Å². The van der Waals surface area contributed by atoms with Crippen molar-refractivity contribution < 1.29 is 4.74 Å². The first-order chi connectivity index (χ1) is 14.0. The van der Waals surface area contributed by atoms with Crippen molar-refractivity contribution in [3.05, 3.63) is 39.6 Å². The average molecular weight is 410 g/mol. The van der Waals surface area contributed by atoms with Crippen molar-refractivity contribution in [2.45, 2.75) is 39.3 Å². The second-order valence-electron chi connectivity index (χ2n) is 7.47. The molecule has 1 aliphatic rings. The summed E-state index contributed by atoms with van der Waals surface area (Å²) in [6.07, 6.45) is 1.80. The Bertz CT molecular complexity index is 1210. The Kier molecular flexibility index (Phi) is 4.36. The Balaban J connectivity index is 1.45. The Labute approximate surface area is 172 Å². The number of nitrogens with zero attached hydrogens (tertiary/aromatic N) is 6. The van der Waals surface area contributed by atoms with Gasteiger partial charge in [-0.25, -0.2) is 15.0 Å². The van der Waals surface area contributed by atoms with Crippen LogP contribution in [0.5, 0.6) is 5.75 Å². The summed E-state index contributed by atoms with van der Waals surface area (Å²) in [5.74, 6) is 1.75. The molecule has 4 heterocycles. The first kappa shape index (κ1) is 18.3. The van der Waals surface area contributed by atoms with Crippen LogP contribution in [0.4, 0.5) is 5.95 Å². The van der Waals surface area contributed by atoms with Gasteiger partial charge in [0, 0.05) is 35.8 Å². The van der Waals surface area contributed by atoms with Crippen LogP contribution in [0.1, 0.15) is 28.3 Å². The Morgan fingerprint density at radius 1 is 1.28 bits per heavy atom. The zero-order chi connectivity index (χ0) is 20.1. The van der Waals surface area contributed by atoms with Gasteiger partial charge in [-0.1, -0.05) is 6.07 Å². The molecule has 0 radical (unpaired) electrons. The maximum absolute atomic E-state index is 6.16. The van der Waals surface area contributed by atoms with Gasteiger partial charge in [-0.15, -0.1) is 16.4 Å². The highest BCUT2D eigenvalue weighted by atomic mass is 32.1. The molecule has 3 aromatic heterocycles. The van der Waals surface area contributed by atoms with Crippen LogP contribution in [0.3, 0.4) is 0 Å². The number of rotatable bonds is 4. The summed E-state index contributed by atoms with van der Waals surface area (Å²) in [6.45, 7) is 6.22. The second-order valence-corrected chi connectivity index (χ2v) is 8.75. The molecule has 5 rings (SSSR count). The van der Waals surface area contributed by atoms with E-state index in [1.165, 1.54) is 10.6 Å². The third kappa shape index (κ3) is 3.10. The zero-order valence-corrected chi connectivity index (χ0v) is 17.5. The summed E-state index contributed by atoms with van der Waals surface area (Å²) in [6, 6.07) is 6.07. The van der Waals surface area contributed by atoms with E-state index in [9.17, 15) is 0 Å². The molecule has 4 aromatic rings. The normalized spacial score (nSPS) is 15.7. The Hall–Kier alpha value is -2.78. The van der Waals surface area contributed by atoms with Gasteiger partial charge in [-0.3, -0.25) is 4.90 Å². The summed E-state index contributed by atoms with van der Waals surface area (Å²) < 4.78 is 7.05. The molecule has 0 fully saturated rings. The first-order valence-corrected chi connectivity index (χ1v) is 10.5. The topological polar surface area (TPSA) is 94.5 Å². The van der Waals surface area contributed by atoms with Gasteiger partial charge in [0.05, 0.1) is 17.8 Å². The minimum atomic E-state index is 0.303. The van der Waals surface area contributed by atoms with E-state index in [4.69, 9.17) is 20.4 Å². The lowest BCUT2D eigenvalue weighted by atomic mass is 10.1. The van der Waals surface area contributed by atoms with Crippen molar-refractivity contribution in [2.24, 2.45) is 0 Å². The molecule has 8 nitrogen and oxygen atoms in total. The van der Waals surface area contributed by atoms with Crippen LogP contribution in [0.2, 0.25) is 0 Å². The monoisotopic (exact) mass is 409 g/mol. The number of nitrogens with two attached hydrogens (primary N) is 1. The standard InChI is InChI=1S/C20H23N7OS/c1-11(26-8-7-16-14(10-26)22-12(2)29-16)9-17-23-19-13-5-4-6-15(28-3)18(13)24-20(21)27(19)25-17/h4-6,11H,7-10H2,1-3H3,(H2,21,24)/t11-/m0/s1. The van der Waals surface area contributed by atoms with E-state index in [0.29, 0.717) is 28.9 Å². The fourth-order valence-corrected chi connectivity index (χ4v) is 4.97. The fraction of sp³-hybridized carbons (Fsp3) is 0.400. The van der Waals surface area contributed by atoms with E-state index in [2.05, 4.69) is 28.8 Å². The number of para-hydroxylation sites is 1. The predicted molar refractivity (Wildman–Crippen MR) is 113 cm³/mol. The number of methoxy groups -OCH3 is 1. The van der Waals surface area contributed by atoms with Crippen molar-refractivity contribution in [2.75, 3.05) is 19.4 Å². The number of fused-ring (bicyclic) bond motifs is 4.